The monoisotopic (exact) mass is 451 g/mol. The van der Waals surface area contributed by atoms with Gasteiger partial charge in [0.25, 0.3) is 5.91 Å². The molecule has 2 atom stereocenters. The molecule has 1 aromatic heterocycles. The van der Waals surface area contributed by atoms with Crippen LogP contribution in [0.3, 0.4) is 0 Å². The summed E-state index contributed by atoms with van der Waals surface area (Å²) in [5, 5.41) is 2.56. The van der Waals surface area contributed by atoms with E-state index in [4.69, 9.17) is 5.73 Å². The molecule has 2 amide bonds. The second kappa shape index (κ2) is 11.3. The first kappa shape index (κ1) is 25.1. The molecule has 0 spiro atoms. The number of nitrogens with zero attached hydrogens (tertiary/aromatic N) is 4. The van der Waals surface area contributed by atoms with Gasteiger partial charge in [0.05, 0.1) is 6.54 Å². The molecular formula is C18H31Cl2N5O2S. The van der Waals surface area contributed by atoms with E-state index in [1.807, 2.05) is 9.80 Å². The van der Waals surface area contributed by atoms with Crippen molar-refractivity contribution < 1.29 is 9.59 Å². The van der Waals surface area contributed by atoms with Crippen LogP contribution < -0.4 is 5.73 Å². The number of rotatable bonds is 4. The summed E-state index contributed by atoms with van der Waals surface area (Å²) < 4.78 is 0. The first-order valence-corrected chi connectivity index (χ1v) is 10.3. The SMILES string of the molecule is CC1CC(C)CN(C(=O)CN2CCN(C(=O)c3csc(CN)n3)CC2)C1.Cl.Cl. The summed E-state index contributed by atoms with van der Waals surface area (Å²) in [6.45, 7) is 9.71. The first-order chi connectivity index (χ1) is 12.5. The zero-order valence-electron chi connectivity index (χ0n) is 16.5. The van der Waals surface area contributed by atoms with Gasteiger partial charge >= 0.3 is 0 Å². The third kappa shape index (κ3) is 6.29. The van der Waals surface area contributed by atoms with Crippen LogP contribution in [0.2, 0.25) is 0 Å². The zero-order chi connectivity index (χ0) is 18.7. The Morgan fingerprint density at radius 1 is 1.11 bits per heavy atom. The Balaban J connectivity index is 0.00000196. The highest BCUT2D eigenvalue weighted by molar-refractivity contribution is 7.09. The standard InChI is InChI=1S/C18H29N5O2S.2ClH/c1-13-7-14(2)10-23(9-13)17(24)11-21-3-5-22(6-4-21)18(25)15-12-26-16(8-19)20-15;;/h12-14H,3-11,19H2,1-2H3;2*1H. The van der Waals surface area contributed by atoms with Gasteiger partial charge in [-0.15, -0.1) is 36.2 Å². The van der Waals surface area contributed by atoms with Crippen molar-refractivity contribution in [2.24, 2.45) is 17.6 Å². The summed E-state index contributed by atoms with van der Waals surface area (Å²) in [6, 6.07) is 0. The van der Waals surface area contributed by atoms with Crippen molar-refractivity contribution >= 4 is 48.0 Å². The number of thiazole rings is 1. The molecule has 3 rings (SSSR count). The number of carbonyl (C=O) groups excluding carboxylic acids is 2. The van der Waals surface area contributed by atoms with Crippen LogP contribution in [-0.2, 0) is 11.3 Å². The summed E-state index contributed by atoms with van der Waals surface area (Å²) in [7, 11) is 0. The van der Waals surface area contributed by atoms with Crippen LogP contribution in [-0.4, -0.2) is 77.3 Å². The van der Waals surface area contributed by atoms with Crippen LogP contribution in [0.25, 0.3) is 0 Å². The van der Waals surface area contributed by atoms with Gasteiger partial charge in [-0.05, 0) is 18.3 Å². The quantitative estimate of drug-likeness (QED) is 0.752. The molecule has 160 valence electrons. The Morgan fingerprint density at radius 3 is 2.25 bits per heavy atom. The molecule has 2 saturated heterocycles. The summed E-state index contributed by atoms with van der Waals surface area (Å²) in [5.41, 5.74) is 6.05. The molecular weight excluding hydrogens is 421 g/mol. The van der Waals surface area contributed by atoms with Gasteiger partial charge in [0.15, 0.2) is 0 Å². The number of carbonyl (C=O) groups is 2. The molecule has 3 heterocycles. The molecule has 0 saturated carbocycles. The van der Waals surface area contributed by atoms with Gasteiger partial charge < -0.3 is 15.5 Å². The van der Waals surface area contributed by atoms with Crippen LogP contribution in [0.4, 0.5) is 0 Å². The van der Waals surface area contributed by atoms with E-state index in [0.29, 0.717) is 43.7 Å². The highest BCUT2D eigenvalue weighted by atomic mass is 35.5. The van der Waals surface area contributed by atoms with Gasteiger partial charge in [0.1, 0.15) is 10.7 Å². The lowest BCUT2D eigenvalue weighted by molar-refractivity contribution is -0.135. The molecule has 2 aliphatic rings. The number of hydrogen-bond acceptors (Lipinski definition) is 6. The third-order valence-electron chi connectivity index (χ3n) is 5.19. The number of nitrogens with two attached hydrogens (primary N) is 1. The van der Waals surface area contributed by atoms with Crippen LogP contribution in [0, 0.1) is 11.8 Å². The summed E-state index contributed by atoms with van der Waals surface area (Å²) in [4.78, 5) is 35.4. The third-order valence-corrected chi connectivity index (χ3v) is 6.06. The zero-order valence-corrected chi connectivity index (χ0v) is 19.0. The number of halogens is 2. The lowest BCUT2D eigenvalue weighted by Crippen LogP contribution is -2.53. The van der Waals surface area contributed by atoms with E-state index in [2.05, 4.69) is 23.7 Å². The maximum absolute atomic E-state index is 12.6. The number of aromatic nitrogens is 1. The molecule has 0 bridgehead atoms. The van der Waals surface area contributed by atoms with Crippen molar-refractivity contribution in [3.05, 3.63) is 16.1 Å². The van der Waals surface area contributed by atoms with Gasteiger partial charge in [-0.25, -0.2) is 4.98 Å². The van der Waals surface area contributed by atoms with Gasteiger partial charge in [-0.3, -0.25) is 14.5 Å². The maximum Gasteiger partial charge on any atom is 0.273 e. The molecule has 2 unspecified atom stereocenters. The Kier molecular flexibility index (Phi) is 10.1. The fourth-order valence-corrected chi connectivity index (χ4v) is 4.58. The Hall–Kier alpha value is -0.930. The Bertz CT molecular complexity index is 642. The molecule has 10 heteroatoms. The van der Waals surface area contributed by atoms with E-state index >= 15 is 0 Å². The van der Waals surface area contributed by atoms with E-state index in [1.54, 1.807) is 5.38 Å². The lowest BCUT2D eigenvalue weighted by atomic mass is 9.92. The maximum atomic E-state index is 12.6. The van der Waals surface area contributed by atoms with Gasteiger partial charge in [-0.1, -0.05) is 13.8 Å². The van der Waals surface area contributed by atoms with Crippen molar-refractivity contribution in [1.82, 2.24) is 19.7 Å². The number of hydrogen-bond donors (Lipinski definition) is 1. The fourth-order valence-electron chi connectivity index (χ4n) is 3.93. The van der Waals surface area contributed by atoms with Crippen molar-refractivity contribution in [3.63, 3.8) is 0 Å². The highest BCUT2D eigenvalue weighted by Gasteiger charge is 2.29. The average Bonchev–Trinajstić information content (AvgIpc) is 3.10. The van der Waals surface area contributed by atoms with E-state index in [0.717, 1.165) is 31.2 Å². The molecule has 28 heavy (non-hydrogen) atoms. The number of likely N-dealkylation sites (tertiary alicyclic amines) is 1. The van der Waals surface area contributed by atoms with Crippen LogP contribution in [0.5, 0.6) is 0 Å². The molecule has 0 aliphatic carbocycles. The molecule has 7 nitrogen and oxygen atoms in total. The number of piperidine rings is 1. The summed E-state index contributed by atoms with van der Waals surface area (Å²) >= 11 is 1.42. The second-order valence-electron chi connectivity index (χ2n) is 7.64. The number of amides is 2. The predicted molar refractivity (Wildman–Crippen MR) is 116 cm³/mol. The van der Waals surface area contributed by atoms with E-state index in [9.17, 15) is 9.59 Å². The highest BCUT2D eigenvalue weighted by Crippen LogP contribution is 2.21. The Labute approximate surface area is 183 Å². The number of piperazine rings is 1. The molecule has 0 aromatic carbocycles. The largest absolute Gasteiger partial charge is 0.341 e. The Morgan fingerprint density at radius 2 is 1.71 bits per heavy atom. The fraction of sp³-hybridized carbons (Fsp3) is 0.722. The minimum Gasteiger partial charge on any atom is -0.341 e. The first-order valence-electron chi connectivity index (χ1n) is 9.40. The van der Waals surface area contributed by atoms with Crippen molar-refractivity contribution in [2.75, 3.05) is 45.8 Å². The molecule has 2 fully saturated rings. The molecule has 1 aromatic rings. The summed E-state index contributed by atoms with van der Waals surface area (Å²) in [6.07, 6.45) is 1.20. The normalized spacial score (nSPS) is 23.0. The minimum absolute atomic E-state index is 0. The van der Waals surface area contributed by atoms with Gasteiger partial charge in [-0.2, -0.15) is 0 Å². The molecule has 0 radical (unpaired) electrons. The van der Waals surface area contributed by atoms with Crippen molar-refractivity contribution in [3.8, 4) is 0 Å². The van der Waals surface area contributed by atoms with E-state index in [-0.39, 0.29) is 36.6 Å². The molecule has 2 aliphatic heterocycles. The van der Waals surface area contributed by atoms with Crippen molar-refractivity contribution in [1.29, 1.82) is 0 Å². The smallest absolute Gasteiger partial charge is 0.273 e. The predicted octanol–water partition coefficient (Wildman–Crippen LogP) is 1.71. The lowest BCUT2D eigenvalue weighted by Gasteiger charge is -2.38. The van der Waals surface area contributed by atoms with Gasteiger partial charge in [0, 0.05) is 51.2 Å². The van der Waals surface area contributed by atoms with Crippen LogP contribution in [0.1, 0.15) is 35.8 Å². The minimum atomic E-state index is -0.0365. The van der Waals surface area contributed by atoms with E-state index < -0.39 is 0 Å². The van der Waals surface area contributed by atoms with Gasteiger partial charge in [0.2, 0.25) is 5.91 Å². The molecule has 2 N–H and O–H groups in total. The average molecular weight is 452 g/mol. The van der Waals surface area contributed by atoms with Crippen molar-refractivity contribution in [2.45, 2.75) is 26.8 Å². The van der Waals surface area contributed by atoms with Crippen LogP contribution in [0.15, 0.2) is 5.38 Å². The van der Waals surface area contributed by atoms with Crippen LogP contribution >= 0.6 is 36.2 Å². The summed E-state index contributed by atoms with van der Waals surface area (Å²) in [5.74, 6) is 1.34. The second-order valence-corrected chi connectivity index (χ2v) is 8.59. The van der Waals surface area contributed by atoms with E-state index in [1.165, 1.54) is 17.8 Å². The topological polar surface area (TPSA) is 82.8 Å².